The Kier molecular flexibility index (Phi) is 4.27. The minimum absolute atomic E-state index is 0.231. The van der Waals surface area contributed by atoms with Crippen molar-refractivity contribution in [2.24, 2.45) is 0 Å². The van der Waals surface area contributed by atoms with E-state index in [0.717, 1.165) is 5.66 Å². The fraction of sp³-hybridized carbons (Fsp3) is 0.417. The van der Waals surface area contributed by atoms with E-state index in [1.54, 1.807) is 6.07 Å². The molecule has 1 aromatic rings. The van der Waals surface area contributed by atoms with E-state index in [2.05, 4.69) is 17.2 Å². The van der Waals surface area contributed by atoms with E-state index in [-0.39, 0.29) is 6.54 Å². The third-order valence-corrected chi connectivity index (χ3v) is 1.67. The van der Waals surface area contributed by atoms with E-state index in [0.29, 0.717) is 5.76 Å². The molecule has 1 rings (SSSR count). The Morgan fingerprint density at radius 1 is 1.53 bits per heavy atom. The molecule has 1 heterocycles. The number of hydrogen-bond acceptors (Lipinski definition) is 3. The number of furan rings is 1. The predicted molar refractivity (Wildman–Crippen MR) is 68.0 cm³/mol. The first kappa shape index (κ1) is 13.2. The first-order valence-corrected chi connectivity index (χ1v) is 5.39. The fourth-order valence-electron chi connectivity index (χ4n) is 1.06. The predicted octanol–water partition coefficient (Wildman–Crippen LogP) is 0.414. The summed E-state index contributed by atoms with van der Waals surface area (Å²) >= 11 is 0. The molecule has 1 N–H and O–H groups in total. The molecular formula is C12H16BNO3. The molecule has 1 amide bonds. The third-order valence-electron chi connectivity index (χ3n) is 1.67. The Balaban J connectivity index is 2.33. The molecule has 0 saturated heterocycles. The van der Waals surface area contributed by atoms with Gasteiger partial charge in [-0.3, -0.25) is 0 Å². The summed E-state index contributed by atoms with van der Waals surface area (Å²) in [6, 6.07) is 3.63. The molecule has 5 heteroatoms. The van der Waals surface area contributed by atoms with Gasteiger partial charge < -0.3 is 14.5 Å². The number of alkyl carbamates (subject to hydrolysis) is 1. The summed E-state index contributed by atoms with van der Waals surface area (Å²) < 4.78 is 10.3. The number of nitrogens with one attached hydrogen (secondary N) is 1. The average molecular weight is 233 g/mol. The van der Waals surface area contributed by atoms with Crippen LogP contribution >= 0.6 is 0 Å². The van der Waals surface area contributed by atoms with Crippen LogP contribution in [0, 0.1) is 11.8 Å². The molecule has 4 nitrogen and oxygen atoms in total. The smallest absolute Gasteiger partial charge is 0.408 e. The molecule has 1 aromatic heterocycles. The zero-order valence-electron chi connectivity index (χ0n) is 10.6. The first-order valence-electron chi connectivity index (χ1n) is 5.39. The number of hydrogen-bond donors (Lipinski definition) is 1. The number of rotatable bonds is 1. The van der Waals surface area contributed by atoms with Crippen molar-refractivity contribution in [1.82, 2.24) is 5.32 Å². The maximum absolute atomic E-state index is 11.2. The fourth-order valence-corrected chi connectivity index (χ4v) is 1.06. The van der Waals surface area contributed by atoms with Gasteiger partial charge in [-0.25, -0.2) is 4.79 Å². The number of ether oxygens (including phenoxy) is 1. The van der Waals surface area contributed by atoms with Crippen molar-refractivity contribution < 1.29 is 13.9 Å². The monoisotopic (exact) mass is 233 g/mol. The highest BCUT2D eigenvalue weighted by molar-refractivity contribution is 6.29. The van der Waals surface area contributed by atoms with Gasteiger partial charge in [0.05, 0.1) is 12.2 Å². The van der Waals surface area contributed by atoms with Gasteiger partial charge in [-0.1, -0.05) is 5.92 Å². The Morgan fingerprint density at radius 3 is 2.76 bits per heavy atom. The van der Waals surface area contributed by atoms with Crippen LogP contribution in [0.2, 0.25) is 0 Å². The first-order chi connectivity index (χ1) is 7.87. The molecule has 0 aliphatic heterocycles. The lowest BCUT2D eigenvalue weighted by Crippen LogP contribution is -2.32. The molecule has 0 spiro atoms. The van der Waals surface area contributed by atoms with Gasteiger partial charge in [0.2, 0.25) is 0 Å². The second-order valence-electron chi connectivity index (χ2n) is 4.57. The Hall–Kier alpha value is -1.83. The standard InChI is InChI=1S/C12H16BNO3/c1-12(2,3)17-11(15)14-8-4-5-9-6-7-10(13)16-9/h6-7H,8,13H2,1-3H3,(H,14,15). The van der Waals surface area contributed by atoms with E-state index in [4.69, 9.17) is 9.15 Å². The van der Waals surface area contributed by atoms with E-state index in [1.807, 2.05) is 34.7 Å². The van der Waals surface area contributed by atoms with Crippen molar-refractivity contribution in [1.29, 1.82) is 0 Å². The lowest BCUT2D eigenvalue weighted by molar-refractivity contribution is 0.0535. The van der Waals surface area contributed by atoms with Crippen LogP contribution < -0.4 is 11.0 Å². The molecule has 0 aliphatic carbocycles. The van der Waals surface area contributed by atoms with Gasteiger partial charge in [0, 0.05) is 0 Å². The lowest BCUT2D eigenvalue weighted by Gasteiger charge is -2.18. The molecule has 0 fully saturated rings. The number of carbonyl (C=O) groups excluding carboxylic acids is 1. The summed E-state index contributed by atoms with van der Waals surface area (Å²) in [4.78, 5) is 11.2. The van der Waals surface area contributed by atoms with Crippen LogP contribution in [-0.4, -0.2) is 26.1 Å². The number of amides is 1. The molecule has 0 aromatic carbocycles. The normalized spacial score (nSPS) is 10.3. The van der Waals surface area contributed by atoms with Crippen LogP contribution in [0.25, 0.3) is 0 Å². The molecule has 17 heavy (non-hydrogen) atoms. The second kappa shape index (κ2) is 5.49. The minimum Gasteiger partial charge on any atom is -0.464 e. The van der Waals surface area contributed by atoms with Crippen molar-refractivity contribution in [2.75, 3.05) is 6.54 Å². The van der Waals surface area contributed by atoms with Crippen molar-refractivity contribution in [3.05, 3.63) is 17.9 Å². The molecular weight excluding hydrogens is 217 g/mol. The van der Waals surface area contributed by atoms with Crippen molar-refractivity contribution >= 4 is 19.6 Å². The molecule has 0 bridgehead atoms. The van der Waals surface area contributed by atoms with Crippen LogP contribution in [0.5, 0.6) is 0 Å². The Bertz CT molecular complexity index is 448. The molecule has 0 atom stereocenters. The largest absolute Gasteiger partial charge is 0.464 e. The maximum atomic E-state index is 11.2. The third kappa shape index (κ3) is 5.71. The second-order valence-corrected chi connectivity index (χ2v) is 4.57. The van der Waals surface area contributed by atoms with Gasteiger partial charge in [-0.2, -0.15) is 0 Å². The highest BCUT2D eigenvalue weighted by Crippen LogP contribution is 2.05. The van der Waals surface area contributed by atoms with Crippen LogP contribution in [0.4, 0.5) is 4.79 Å². The van der Waals surface area contributed by atoms with E-state index >= 15 is 0 Å². The zero-order chi connectivity index (χ0) is 12.9. The van der Waals surface area contributed by atoms with Gasteiger partial charge >= 0.3 is 6.09 Å². The number of carbonyl (C=O) groups is 1. The van der Waals surface area contributed by atoms with Gasteiger partial charge in [0.1, 0.15) is 5.60 Å². The van der Waals surface area contributed by atoms with Gasteiger partial charge in [-0.05, 0) is 38.8 Å². The van der Waals surface area contributed by atoms with E-state index < -0.39 is 11.7 Å². The Labute approximate surface area is 102 Å². The summed E-state index contributed by atoms with van der Waals surface area (Å²) in [7, 11) is 1.85. The highest BCUT2D eigenvalue weighted by Gasteiger charge is 2.14. The Morgan fingerprint density at radius 2 is 2.24 bits per heavy atom. The summed E-state index contributed by atoms with van der Waals surface area (Å²) in [5.74, 6) is 6.16. The van der Waals surface area contributed by atoms with E-state index in [1.165, 1.54) is 0 Å². The van der Waals surface area contributed by atoms with Crippen molar-refractivity contribution in [2.45, 2.75) is 26.4 Å². The molecule has 0 saturated carbocycles. The SMILES string of the molecule is Bc1ccc(C#CCNC(=O)OC(C)(C)C)o1. The molecule has 0 radical (unpaired) electrons. The van der Waals surface area contributed by atoms with Gasteiger partial charge in [0.15, 0.2) is 13.6 Å². The summed E-state index contributed by atoms with van der Waals surface area (Å²) in [5, 5.41) is 2.54. The summed E-state index contributed by atoms with van der Waals surface area (Å²) in [6.07, 6.45) is -0.470. The van der Waals surface area contributed by atoms with Crippen LogP contribution in [-0.2, 0) is 4.74 Å². The van der Waals surface area contributed by atoms with Crippen LogP contribution in [0.1, 0.15) is 26.5 Å². The summed E-state index contributed by atoms with van der Waals surface area (Å²) in [5.41, 5.74) is 0.324. The van der Waals surface area contributed by atoms with Crippen molar-refractivity contribution in [3.8, 4) is 11.8 Å². The van der Waals surface area contributed by atoms with Gasteiger partial charge in [0.25, 0.3) is 0 Å². The van der Waals surface area contributed by atoms with E-state index in [9.17, 15) is 4.79 Å². The quantitative estimate of drug-likeness (QED) is 0.564. The topological polar surface area (TPSA) is 51.5 Å². The van der Waals surface area contributed by atoms with Crippen LogP contribution in [0.15, 0.2) is 16.5 Å². The molecule has 0 aliphatic rings. The van der Waals surface area contributed by atoms with Crippen molar-refractivity contribution in [3.63, 3.8) is 0 Å². The molecule has 0 unspecified atom stereocenters. The maximum Gasteiger partial charge on any atom is 0.408 e. The molecule has 90 valence electrons. The average Bonchev–Trinajstić information content (AvgIpc) is 2.56. The highest BCUT2D eigenvalue weighted by atomic mass is 16.6. The minimum atomic E-state index is -0.490. The zero-order valence-corrected chi connectivity index (χ0v) is 10.6. The van der Waals surface area contributed by atoms with Gasteiger partial charge in [-0.15, -0.1) is 0 Å². The van der Waals surface area contributed by atoms with Crippen LogP contribution in [0.3, 0.4) is 0 Å². The summed E-state index contributed by atoms with van der Waals surface area (Å²) in [6.45, 7) is 5.66. The lowest BCUT2D eigenvalue weighted by atomic mass is 10.1.